The standard InChI is InChI=1S/C16H24N2O3/c1-11(2)18(8-7-16(20)21)10-15(19)17-14-6-5-12(3)9-13(14)4/h5-6,9,11H,7-8,10H2,1-4H3,(H,17,19)(H,20,21). The van der Waals surface area contributed by atoms with Crippen molar-refractivity contribution >= 4 is 17.6 Å². The fraction of sp³-hybridized carbons (Fsp3) is 0.500. The Kier molecular flexibility index (Phi) is 6.37. The van der Waals surface area contributed by atoms with Crippen molar-refractivity contribution in [3.63, 3.8) is 0 Å². The highest BCUT2D eigenvalue weighted by Crippen LogP contribution is 2.16. The molecule has 0 saturated carbocycles. The van der Waals surface area contributed by atoms with Crippen molar-refractivity contribution in [3.8, 4) is 0 Å². The molecule has 0 bridgehead atoms. The van der Waals surface area contributed by atoms with Gasteiger partial charge in [0.05, 0.1) is 13.0 Å². The van der Waals surface area contributed by atoms with Crippen LogP contribution >= 0.6 is 0 Å². The van der Waals surface area contributed by atoms with Crippen molar-refractivity contribution < 1.29 is 14.7 Å². The molecule has 0 aliphatic heterocycles. The monoisotopic (exact) mass is 292 g/mol. The smallest absolute Gasteiger partial charge is 0.304 e. The molecule has 0 radical (unpaired) electrons. The Morgan fingerprint density at radius 3 is 2.48 bits per heavy atom. The average Bonchev–Trinajstić information content (AvgIpc) is 2.37. The maximum Gasteiger partial charge on any atom is 0.304 e. The van der Waals surface area contributed by atoms with E-state index in [0.717, 1.165) is 16.8 Å². The molecule has 116 valence electrons. The molecule has 0 aliphatic rings. The van der Waals surface area contributed by atoms with Gasteiger partial charge in [-0.05, 0) is 39.3 Å². The molecule has 1 aromatic rings. The maximum absolute atomic E-state index is 12.1. The van der Waals surface area contributed by atoms with Crippen LogP contribution in [0.2, 0.25) is 0 Å². The van der Waals surface area contributed by atoms with Crippen LogP contribution in [0, 0.1) is 13.8 Å². The van der Waals surface area contributed by atoms with Crippen LogP contribution in [0.15, 0.2) is 18.2 Å². The number of anilines is 1. The first-order valence-electron chi connectivity index (χ1n) is 7.12. The Balaban J connectivity index is 2.63. The molecule has 0 fully saturated rings. The largest absolute Gasteiger partial charge is 0.481 e. The third kappa shape index (κ3) is 5.95. The summed E-state index contributed by atoms with van der Waals surface area (Å²) in [4.78, 5) is 24.6. The third-order valence-corrected chi connectivity index (χ3v) is 3.35. The van der Waals surface area contributed by atoms with E-state index in [9.17, 15) is 9.59 Å². The Morgan fingerprint density at radius 1 is 1.29 bits per heavy atom. The number of hydrogen-bond acceptors (Lipinski definition) is 3. The number of benzene rings is 1. The zero-order chi connectivity index (χ0) is 16.0. The summed E-state index contributed by atoms with van der Waals surface area (Å²) in [6.45, 7) is 8.42. The molecular weight excluding hydrogens is 268 g/mol. The second kappa shape index (κ2) is 7.78. The summed E-state index contributed by atoms with van der Waals surface area (Å²) in [5.41, 5.74) is 2.97. The van der Waals surface area contributed by atoms with Gasteiger partial charge >= 0.3 is 5.97 Å². The van der Waals surface area contributed by atoms with Gasteiger partial charge in [0, 0.05) is 18.3 Å². The summed E-state index contributed by atoms with van der Waals surface area (Å²) in [7, 11) is 0. The van der Waals surface area contributed by atoms with Gasteiger partial charge in [0.15, 0.2) is 0 Å². The fourth-order valence-electron chi connectivity index (χ4n) is 2.09. The van der Waals surface area contributed by atoms with Crippen LogP contribution in [0.25, 0.3) is 0 Å². The quantitative estimate of drug-likeness (QED) is 0.810. The molecule has 0 aliphatic carbocycles. The zero-order valence-electron chi connectivity index (χ0n) is 13.1. The normalized spacial score (nSPS) is 11.0. The molecule has 0 unspecified atom stereocenters. The molecule has 2 N–H and O–H groups in total. The lowest BCUT2D eigenvalue weighted by molar-refractivity contribution is -0.137. The van der Waals surface area contributed by atoms with E-state index in [4.69, 9.17) is 5.11 Å². The van der Waals surface area contributed by atoms with Gasteiger partial charge in [-0.2, -0.15) is 0 Å². The lowest BCUT2D eigenvalue weighted by Gasteiger charge is -2.25. The van der Waals surface area contributed by atoms with Gasteiger partial charge in [-0.3, -0.25) is 14.5 Å². The second-order valence-electron chi connectivity index (χ2n) is 5.57. The predicted octanol–water partition coefficient (Wildman–Crippen LogP) is 2.43. The minimum absolute atomic E-state index is 0.0367. The van der Waals surface area contributed by atoms with E-state index < -0.39 is 5.97 Å². The lowest BCUT2D eigenvalue weighted by atomic mass is 10.1. The summed E-state index contributed by atoms with van der Waals surface area (Å²) in [5, 5.41) is 11.6. The van der Waals surface area contributed by atoms with Gasteiger partial charge in [0.1, 0.15) is 0 Å². The second-order valence-corrected chi connectivity index (χ2v) is 5.57. The van der Waals surface area contributed by atoms with Gasteiger partial charge < -0.3 is 10.4 Å². The number of amides is 1. The van der Waals surface area contributed by atoms with E-state index >= 15 is 0 Å². The minimum atomic E-state index is -0.851. The van der Waals surface area contributed by atoms with Crippen LogP contribution in [0.3, 0.4) is 0 Å². The summed E-state index contributed by atoms with van der Waals surface area (Å²) in [5.74, 6) is -0.975. The minimum Gasteiger partial charge on any atom is -0.481 e. The summed E-state index contributed by atoms with van der Waals surface area (Å²) in [6, 6.07) is 5.97. The number of carboxylic acids is 1. The molecule has 0 spiro atoms. The molecular formula is C16H24N2O3. The van der Waals surface area contributed by atoms with Gasteiger partial charge in [-0.15, -0.1) is 0 Å². The van der Waals surface area contributed by atoms with Crippen LogP contribution < -0.4 is 5.32 Å². The van der Waals surface area contributed by atoms with E-state index in [2.05, 4.69) is 5.32 Å². The number of carbonyl (C=O) groups excluding carboxylic acids is 1. The molecule has 1 rings (SSSR count). The highest BCUT2D eigenvalue weighted by Gasteiger charge is 2.15. The predicted molar refractivity (Wildman–Crippen MR) is 83.5 cm³/mol. The summed E-state index contributed by atoms with van der Waals surface area (Å²) < 4.78 is 0. The molecule has 1 amide bonds. The van der Waals surface area contributed by atoms with Crippen molar-refractivity contribution in [1.29, 1.82) is 0 Å². The number of aryl methyl sites for hydroxylation is 2. The molecule has 21 heavy (non-hydrogen) atoms. The van der Waals surface area contributed by atoms with Crippen molar-refractivity contribution in [1.82, 2.24) is 4.90 Å². The molecule has 5 nitrogen and oxygen atoms in total. The first kappa shape index (κ1) is 17.2. The third-order valence-electron chi connectivity index (χ3n) is 3.35. The number of carboxylic acid groups (broad SMARTS) is 1. The molecule has 1 aromatic carbocycles. The number of nitrogens with one attached hydrogen (secondary N) is 1. The van der Waals surface area contributed by atoms with Gasteiger partial charge in [-0.25, -0.2) is 0 Å². The first-order valence-corrected chi connectivity index (χ1v) is 7.12. The van der Waals surface area contributed by atoms with Crippen molar-refractivity contribution in [2.24, 2.45) is 0 Å². The van der Waals surface area contributed by atoms with E-state index in [0.29, 0.717) is 6.54 Å². The average molecular weight is 292 g/mol. The van der Waals surface area contributed by atoms with Crippen LogP contribution in [0.5, 0.6) is 0 Å². The van der Waals surface area contributed by atoms with Gasteiger partial charge in [-0.1, -0.05) is 17.7 Å². The number of carbonyl (C=O) groups is 2. The number of aliphatic carboxylic acids is 1. The fourth-order valence-corrected chi connectivity index (χ4v) is 2.09. The first-order chi connectivity index (χ1) is 9.79. The Bertz CT molecular complexity index is 512. The van der Waals surface area contributed by atoms with E-state index in [1.54, 1.807) is 0 Å². The SMILES string of the molecule is Cc1ccc(NC(=O)CN(CCC(=O)O)C(C)C)c(C)c1. The van der Waals surface area contributed by atoms with E-state index in [1.807, 2.05) is 50.8 Å². The molecule has 0 heterocycles. The number of rotatable bonds is 7. The number of nitrogens with zero attached hydrogens (tertiary/aromatic N) is 1. The Labute approximate surface area is 126 Å². The highest BCUT2D eigenvalue weighted by molar-refractivity contribution is 5.93. The zero-order valence-corrected chi connectivity index (χ0v) is 13.1. The maximum atomic E-state index is 12.1. The van der Waals surface area contributed by atoms with Crippen LogP contribution in [-0.4, -0.2) is 41.0 Å². The summed E-state index contributed by atoms with van der Waals surface area (Å²) in [6.07, 6.45) is 0.0367. The highest BCUT2D eigenvalue weighted by atomic mass is 16.4. The van der Waals surface area contributed by atoms with Crippen LogP contribution in [0.4, 0.5) is 5.69 Å². The topological polar surface area (TPSA) is 69.6 Å². The molecule has 0 atom stereocenters. The Hall–Kier alpha value is -1.88. The molecule has 0 aromatic heterocycles. The molecule has 0 saturated heterocycles. The number of hydrogen-bond donors (Lipinski definition) is 2. The van der Waals surface area contributed by atoms with E-state index in [-0.39, 0.29) is 24.9 Å². The van der Waals surface area contributed by atoms with Crippen molar-refractivity contribution in [2.45, 2.75) is 40.2 Å². The van der Waals surface area contributed by atoms with Crippen LogP contribution in [-0.2, 0) is 9.59 Å². The Morgan fingerprint density at radius 2 is 1.95 bits per heavy atom. The van der Waals surface area contributed by atoms with E-state index in [1.165, 1.54) is 0 Å². The van der Waals surface area contributed by atoms with Gasteiger partial charge in [0.2, 0.25) is 5.91 Å². The lowest BCUT2D eigenvalue weighted by Crippen LogP contribution is -2.39. The summed E-state index contributed by atoms with van der Waals surface area (Å²) >= 11 is 0. The van der Waals surface area contributed by atoms with Crippen molar-refractivity contribution in [2.75, 3.05) is 18.4 Å². The van der Waals surface area contributed by atoms with Crippen LogP contribution in [0.1, 0.15) is 31.4 Å². The van der Waals surface area contributed by atoms with Gasteiger partial charge in [0.25, 0.3) is 0 Å². The van der Waals surface area contributed by atoms with Crippen molar-refractivity contribution in [3.05, 3.63) is 29.3 Å². The molecule has 5 heteroatoms.